The fourth-order valence-electron chi connectivity index (χ4n) is 1.51. The first kappa shape index (κ1) is 7.79. The van der Waals surface area contributed by atoms with E-state index in [9.17, 15) is 5.11 Å². The maximum Gasteiger partial charge on any atom is 0.198 e. The molecule has 1 heterocycles. The molecule has 66 valence electrons. The molecule has 4 heteroatoms. The quantitative estimate of drug-likeness (QED) is 0.573. The average molecular weight is 175 g/mol. The Morgan fingerprint density at radius 2 is 2.23 bits per heavy atom. The molecule has 1 aromatic heterocycles. The van der Waals surface area contributed by atoms with Crippen molar-refractivity contribution in [1.29, 1.82) is 5.53 Å². The Morgan fingerprint density at radius 1 is 1.46 bits per heavy atom. The molecular formula is C9H9N3O. The van der Waals surface area contributed by atoms with Gasteiger partial charge in [-0.15, -0.1) is 5.11 Å². The smallest absolute Gasteiger partial charge is 0.198 e. The molecule has 4 nitrogen and oxygen atoms in total. The number of hydrogen-bond donors (Lipinski definition) is 3. The van der Waals surface area contributed by atoms with Crippen LogP contribution in [0.3, 0.4) is 0 Å². The number of nitrogens with zero attached hydrogens (tertiary/aromatic N) is 1. The highest BCUT2D eigenvalue weighted by molar-refractivity contribution is 5.98. The van der Waals surface area contributed by atoms with E-state index >= 15 is 0 Å². The molecule has 2 aromatic rings. The van der Waals surface area contributed by atoms with Crippen LogP contribution < -0.4 is 0 Å². The summed E-state index contributed by atoms with van der Waals surface area (Å²) in [5, 5.41) is 14.3. The molecule has 13 heavy (non-hydrogen) atoms. The van der Waals surface area contributed by atoms with Gasteiger partial charge in [-0.2, -0.15) is 0 Å². The van der Waals surface area contributed by atoms with E-state index in [1.54, 1.807) is 0 Å². The molecule has 0 unspecified atom stereocenters. The maximum absolute atomic E-state index is 9.51. The highest BCUT2D eigenvalue weighted by atomic mass is 16.3. The van der Waals surface area contributed by atoms with Crippen LogP contribution in [0.1, 0.15) is 5.56 Å². The lowest BCUT2D eigenvalue weighted by atomic mass is 10.1. The Morgan fingerprint density at radius 3 is 2.92 bits per heavy atom. The Balaban J connectivity index is 2.95. The standard InChI is InChI=1S/C9H9N3O/c1-5-3-2-4-6-7(5)9(13)11-8(6)12-10/h2-4,10-11,13H,1H3. The van der Waals surface area contributed by atoms with Crippen LogP contribution in [0.25, 0.3) is 10.8 Å². The number of nitrogens with one attached hydrogen (secondary N) is 2. The summed E-state index contributed by atoms with van der Waals surface area (Å²) in [6.07, 6.45) is 0. The van der Waals surface area contributed by atoms with Gasteiger partial charge >= 0.3 is 0 Å². The van der Waals surface area contributed by atoms with Gasteiger partial charge in [0.05, 0.1) is 0 Å². The molecule has 0 amide bonds. The zero-order valence-electron chi connectivity index (χ0n) is 7.13. The van der Waals surface area contributed by atoms with E-state index in [0.717, 1.165) is 16.3 Å². The second-order valence-electron chi connectivity index (χ2n) is 2.93. The summed E-state index contributed by atoms with van der Waals surface area (Å²) >= 11 is 0. The molecule has 0 fully saturated rings. The molecule has 0 bridgehead atoms. The van der Waals surface area contributed by atoms with Crippen LogP contribution in [0, 0.1) is 12.5 Å². The summed E-state index contributed by atoms with van der Waals surface area (Å²) in [5.74, 6) is 0.482. The van der Waals surface area contributed by atoms with E-state index in [1.807, 2.05) is 25.1 Å². The second kappa shape index (κ2) is 2.58. The number of rotatable bonds is 1. The lowest BCUT2D eigenvalue weighted by molar-refractivity contribution is 0.462. The van der Waals surface area contributed by atoms with Crippen LogP contribution in [0.4, 0.5) is 5.82 Å². The van der Waals surface area contributed by atoms with Gasteiger partial charge in [0, 0.05) is 10.8 Å². The van der Waals surface area contributed by atoms with Crippen LogP contribution in [0.2, 0.25) is 0 Å². The molecule has 2 rings (SSSR count). The molecule has 3 N–H and O–H groups in total. The fraction of sp³-hybridized carbons (Fsp3) is 0.111. The number of aromatic amines is 1. The fourth-order valence-corrected chi connectivity index (χ4v) is 1.51. The largest absolute Gasteiger partial charge is 0.494 e. The zero-order valence-corrected chi connectivity index (χ0v) is 7.13. The third-order valence-electron chi connectivity index (χ3n) is 2.11. The van der Waals surface area contributed by atoms with Crippen LogP contribution in [0.5, 0.6) is 5.88 Å². The first-order valence-corrected chi connectivity index (χ1v) is 3.91. The van der Waals surface area contributed by atoms with Crippen LogP contribution >= 0.6 is 0 Å². The molecule has 0 aliphatic carbocycles. The molecular weight excluding hydrogens is 166 g/mol. The molecule has 0 saturated heterocycles. The van der Waals surface area contributed by atoms with Gasteiger partial charge < -0.3 is 10.1 Å². The summed E-state index contributed by atoms with van der Waals surface area (Å²) < 4.78 is 0. The highest BCUT2D eigenvalue weighted by Crippen LogP contribution is 2.34. The minimum Gasteiger partial charge on any atom is -0.494 e. The van der Waals surface area contributed by atoms with Crippen molar-refractivity contribution in [2.75, 3.05) is 0 Å². The van der Waals surface area contributed by atoms with E-state index in [4.69, 9.17) is 5.53 Å². The third kappa shape index (κ3) is 0.989. The summed E-state index contributed by atoms with van der Waals surface area (Å²) in [5.41, 5.74) is 7.87. The van der Waals surface area contributed by atoms with Gasteiger partial charge in [0.1, 0.15) is 0 Å². The summed E-state index contributed by atoms with van der Waals surface area (Å²) in [4.78, 5) is 2.64. The first-order chi connectivity index (χ1) is 6.24. The van der Waals surface area contributed by atoms with E-state index in [2.05, 4.69) is 10.1 Å². The Kier molecular flexibility index (Phi) is 1.55. The summed E-state index contributed by atoms with van der Waals surface area (Å²) in [7, 11) is 0. The summed E-state index contributed by atoms with van der Waals surface area (Å²) in [6, 6.07) is 5.61. The molecule has 0 atom stereocenters. The minimum atomic E-state index is 0.0825. The Hall–Kier alpha value is -1.84. The van der Waals surface area contributed by atoms with E-state index < -0.39 is 0 Å². The second-order valence-corrected chi connectivity index (χ2v) is 2.93. The third-order valence-corrected chi connectivity index (χ3v) is 2.11. The molecule has 0 aliphatic rings. The predicted octanol–water partition coefficient (Wildman–Crippen LogP) is 2.84. The van der Waals surface area contributed by atoms with Crippen molar-refractivity contribution < 1.29 is 5.11 Å². The van der Waals surface area contributed by atoms with Crippen molar-refractivity contribution in [2.45, 2.75) is 6.92 Å². The Labute approximate surface area is 74.7 Å². The van der Waals surface area contributed by atoms with Crippen molar-refractivity contribution in [3.05, 3.63) is 23.8 Å². The summed E-state index contributed by atoms with van der Waals surface area (Å²) in [6.45, 7) is 1.91. The SMILES string of the molecule is Cc1cccc2c(N=N)[nH]c(O)c12. The first-order valence-electron chi connectivity index (χ1n) is 3.91. The van der Waals surface area contributed by atoms with Crippen LogP contribution in [-0.2, 0) is 0 Å². The van der Waals surface area contributed by atoms with E-state index in [1.165, 1.54) is 0 Å². The lowest BCUT2D eigenvalue weighted by Gasteiger charge is -1.94. The van der Waals surface area contributed by atoms with Gasteiger partial charge in [-0.3, -0.25) is 0 Å². The number of fused-ring (bicyclic) bond motifs is 1. The van der Waals surface area contributed by atoms with Gasteiger partial charge in [-0.1, -0.05) is 18.2 Å². The number of hydrogen-bond acceptors (Lipinski definition) is 3. The molecule has 0 aliphatic heterocycles. The minimum absolute atomic E-state index is 0.0825. The molecule has 1 aromatic carbocycles. The van der Waals surface area contributed by atoms with Crippen molar-refractivity contribution in [1.82, 2.24) is 4.98 Å². The molecule has 0 spiro atoms. The predicted molar refractivity (Wildman–Crippen MR) is 49.5 cm³/mol. The van der Waals surface area contributed by atoms with E-state index in [0.29, 0.717) is 5.82 Å². The topological polar surface area (TPSA) is 72.2 Å². The number of aryl methyl sites for hydroxylation is 1. The number of aromatic nitrogens is 1. The van der Waals surface area contributed by atoms with Crippen LogP contribution in [-0.4, -0.2) is 10.1 Å². The number of aromatic hydroxyl groups is 1. The van der Waals surface area contributed by atoms with Crippen molar-refractivity contribution in [3.8, 4) is 5.88 Å². The number of benzene rings is 1. The van der Waals surface area contributed by atoms with Gasteiger partial charge in [-0.25, -0.2) is 5.53 Å². The van der Waals surface area contributed by atoms with Crippen molar-refractivity contribution in [3.63, 3.8) is 0 Å². The monoisotopic (exact) mass is 175 g/mol. The van der Waals surface area contributed by atoms with E-state index in [-0.39, 0.29) is 5.88 Å². The van der Waals surface area contributed by atoms with Crippen LogP contribution in [0.15, 0.2) is 23.3 Å². The van der Waals surface area contributed by atoms with Gasteiger partial charge in [0.2, 0.25) is 0 Å². The molecule has 0 radical (unpaired) electrons. The molecule has 0 saturated carbocycles. The van der Waals surface area contributed by atoms with Gasteiger partial charge in [0.25, 0.3) is 0 Å². The van der Waals surface area contributed by atoms with Gasteiger partial charge in [0.15, 0.2) is 11.7 Å². The Bertz CT molecular complexity index is 473. The van der Waals surface area contributed by atoms with Crippen molar-refractivity contribution in [2.24, 2.45) is 5.11 Å². The average Bonchev–Trinajstić information content (AvgIpc) is 2.44. The maximum atomic E-state index is 9.51. The zero-order chi connectivity index (χ0) is 9.42. The normalized spacial score (nSPS) is 10.5. The van der Waals surface area contributed by atoms with Gasteiger partial charge in [-0.05, 0) is 12.5 Å². The highest BCUT2D eigenvalue weighted by Gasteiger charge is 2.09. The lowest BCUT2D eigenvalue weighted by Crippen LogP contribution is -1.72. The number of H-pyrrole nitrogens is 1. The van der Waals surface area contributed by atoms with Crippen molar-refractivity contribution >= 4 is 16.6 Å².